The number of rotatable bonds is 1. The highest BCUT2D eigenvalue weighted by Crippen LogP contribution is 2.35. The molecule has 2 aliphatic heterocycles. The molecule has 0 N–H and O–H groups in total. The molecule has 2 fully saturated rings. The smallest absolute Gasteiger partial charge is 0.274 e. The third-order valence-corrected chi connectivity index (χ3v) is 4.62. The number of nitrogens with zero attached hydrogens (tertiary/aromatic N) is 3. The SMILES string of the molecule is CC1(C)CN(C(=O)c2nccc3cccnc23)CC2(CCOC2)O1. The Morgan fingerprint density at radius 1 is 1.21 bits per heavy atom. The van der Waals surface area contributed by atoms with E-state index in [2.05, 4.69) is 9.97 Å². The minimum Gasteiger partial charge on any atom is -0.378 e. The lowest BCUT2D eigenvalue weighted by Gasteiger charge is -2.47. The zero-order valence-corrected chi connectivity index (χ0v) is 14.0. The van der Waals surface area contributed by atoms with Crippen LogP contribution in [0.1, 0.15) is 30.8 Å². The number of fused-ring (bicyclic) bond motifs is 1. The van der Waals surface area contributed by atoms with Gasteiger partial charge in [-0.2, -0.15) is 0 Å². The molecule has 2 aromatic rings. The van der Waals surface area contributed by atoms with E-state index in [9.17, 15) is 4.79 Å². The van der Waals surface area contributed by atoms with Crippen LogP contribution in [-0.4, -0.2) is 58.3 Å². The summed E-state index contributed by atoms with van der Waals surface area (Å²) in [5.41, 5.74) is 0.223. The predicted molar refractivity (Wildman–Crippen MR) is 88.8 cm³/mol. The first-order chi connectivity index (χ1) is 11.5. The molecule has 2 aromatic heterocycles. The summed E-state index contributed by atoms with van der Waals surface area (Å²) in [5, 5.41) is 0.919. The van der Waals surface area contributed by atoms with Gasteiger partial charge in [0, 0.05) is 37.4 Å². The minimum absolute atomic E-state index is 0.0954. The zero-order chi connectivity index (χ0) is 16.8. The molecule has 2 aliphatic rings. The van der Waals surface area contributed by atoms with Gasteiger partial charge in [0.1, 0.15) is 11.1 Å². The molecule has 0 aliphatic carbocycles. The van der Waals surface area contributed by atoms with Crippen molar-refractivity contribution in [1.82, 2.24) is 14.9 Å². The molecular formula is C18H21N3O3. The predicted octanol–water partition coefficient (Wildman–Crippen LogP) is 2.04. The van der Waals surface area contributed by atoms with Gasteiger partial charge in [-0.3, -0.25) is 9.78 Å². The average molecular weight is 327 g/mol. The summed E-state index contributed by atoms with van der Waals surface area (Å²) in [6.07, 6.45) is 4.16. The van der Waals surface area contributed by atoms with Gasteiger partial charge in [-0.25, -0.2) is 4.98 Å². The van der Waals surface area contributed by atoms with Crippen molar-refractivity contribution in [2.24, 2.45) is 0 Å². The molecule has 2 saturated heterocycles. The van der Waals surface area contributed by atoms with Gasteiger partial charge in [0.2, 0.25) is 0 Å². The minimum atomic E-state index is -0.417. The Kier molecular flexibility index (Phi) is 3.54. The summed E-state index contributed by atoms with van der Waals surface area (Å²) in [6, 6.07) is 5.67. The summed E-state index contributed by atoms with van der Waals surface area (Å²) in [4.78, 5) is 23.7. The summed E-state index contributed by atoms with van der Waals surface area (Å²) < 4.78 is 11.8. The molecule has 24 heavy (non-hydrogen) atoms. The largest absolute Gasteiger partial charge is 0.378 e. The van der Waals surface area contributed by atoms with E-state index >= 15 is 0 Å². The third-order valence-electron chi connectivity index (χ3n) is 4.62. The fraction of sp³-hybridized carbons (Fsp3) is 0.500. The van der Waals surface area contributed by atoms with Crippen molar-refractivity contribution in [2.45, 2.75) is 31.5 Å². The van der Waals surface area contributed by atoms with E-state index in [1.54, 1.807) is 12.4 Å². The number of morpholine rings is 1. The first-order valence-electron chi connectivity index (χ1n) is 8.25. The first kappa shape index (κ1) is 15.5. The highest BCUT2D eigenvalue weighted by Gasteiger charge is 2.48. The van der Waals surface area contributed by atoms with E-state index in [0.29, 0.717) is 37.5 Å². The van der Waals surface area contributed by atoms with Crippen molar-refractivity contribution in [2.75, 3.05) is 26.3 Å². The number of carbonyl (C=O) groups is 1. The van der Waals surface area contributed by atoms with Gasteiger partial charge in [-0.15, -0.1) is 0 Å². The van der Waals surface area contributed by atoms with E-state index in [1.165, 1.54) is 0 Å². The summed E-state index contributed by atoms with van der Waals surface area (Å²) in [5.74, 6) is -0.0954. The van der Waals surface area contributed by atoms with Crippen LogP contribution in [0.2, 0.25) is 0 Å². The van der Waals surface area contributed by atoms with Crippen LogP contribution in [0, 0.1) is 0 Å². The van der Waals surface area contributed by atoms with Crippen molar-refractivity contribution in [3.8, 4) is 0 Å². The van der Waals surface area contributed by atoms with Gasteiger partial charge in [-0.05, 0) is 26.0 Å². The lowest BCUT2D eigenvalue weighted by atomic mass is 9.94. The maximum Gasteiger partial charge on any atom is 0.274 e. The van der Waals surface area contributed by atoms with Crippen LogP contribution < -0.4 is 0 Å². The number of aromatic nitrogens is 2. The summed E-state index contributed by atoms with van der Waals surface area (Å²) in [7, 11) is 0. The summed E-state index contributed by atoms with van der Waals surface area (Å²) in [6.45, 7) is 6.29. The van der Waals surface area contributed by atoms with Crippen molar-refractivity contribution in [1.29, 1.82) is 0 Å². The standard InChI is InChI=1S/C18H21N3O3/c1-17(2)10-21(11-18(24-17)6-9-23-12-18)16(22)15-14-13(5-8-20-15)4-3-7-19-14/h3-5,7-8H,6,9-12H2,1-2H3. The zero-order valence-electron chi connectivity index (χ0n) is 14.0. The molecule has 0 aromatic carbocycles. The van der Waals surface area contributed by atoms with Gasteiger partial charge in [0.05, 0.1) is 18.8 Å². The molecule has 1 spiro atoms. The van der Waals surface area contributed by atoms with Crippen LogP contribution in [-0.2, 0) is 9.47 Å². The molecule has 0 radical (unpaired) electrons. The molecule has 1 amide bonds. The van der Waals surface area contributed by atoms with E-state index < -0.39 is 11.2 Å². The normalized spacial score (nSPS) is 26.2. The highest BCUT2D eigenvalue weighted by molar-refractivity contribution is 6.03. The highest BCUT2D eigenvalue weighted by atomic mass is 16.6. The van der Waals surface area contributed by atoms with Gasteiger partial charge in [0.15, 0.2) is 5.69 Å². The molecule has 0 saturated carbocycles. The number of amides is 1. The van der Waals surface area contributed by atoms with E-state index in [-0.39, 0.29) is 5.91 Å². The third kappa shape index (κ3) is 2.65. The molecular weight excluding hydrogens is 306 g/mol. The topological polar surface area (TPSA) is 64.6 Å². The van der Waals surface area contributed by atoms with E-state index in [4.69, 9.17) is 9.47 Å². The van der Waals surface area contributed by atoms with Crippen LogP contribution in [0.4, 0.5) is 0 Å². The lowest BCUT2D eigenvalue weighted by molar-refractivity contribution is -0.186. The van der Waals surface area contributed by atoms with Gasteiger partial charge >= 0.3 is 0 Å². The van der Waals surface area contributed by atoms with Gasteiger partial charge < -0.3 is 14.4 Å². The van der Waals surface area contributed by atoms with Crippen LogP contribution in [0.25, 0.3) is 10.9 Å². The number of pyridine rings is 2. The Bertz CT molecular complexity index is 779. The molecule has 6 heteroatoms. The molecule has 126 valence electrons. The molecule has 0 bridgehead atoms. The van der Waals surface area contributed by atoms with Crippen molar-refractivity contribution in [3.63, 3.8) is 0 Å². The maximum absolute atomic E-state index is 13.2. The fourth-order valence-corrected chi connectivity index (χ4v) is 3.76. The molecule has 1 unspecified atom stereocenters. The van der Waals surface area contributed by atoms with Crippen LogP contribution in [0.15, 0.2) is 30.6 Å². The van der Waals surface area contributed by atoms with Crippen LogP contribution in [0.3, 0.4) is 0 Å². The van der Waals surface area contributed by atoms with Crippen molar-refractivity contribution >= 4 is 16.8 Å². The number of hydrogen-bond acceptors (Lipinski definition) is 5. The Labute approximate surface area is 140 Å². The number of hydrogen-bond donors (Lipinski definition) is 0. The van der Waals surface area contributed by atoms with E-state index in [1.807, 2.05) is 36.9 Å². The lowest BCUT2D eigenvalue weighted by Crippen LogP contribution is -2.61. The Morgan fingerprint density at radius 2 is 2.08 bits per heavy atom. The quantitative estimate of drug-likeness (QED) is 0.802. The monoisotopic (exact) mass is 327 g/mol. The maximum atomic E-state index is 13.2. The molecule has 6 nitrogen and oxygen atoms in total. The first-order valence-corrected chi connectivity index (χ1v) is 8.25. The number of carbonyl (C=O) groups excluding carboxylic acids is 1. The van der Waals surface area contributed by atoms with Crippen LogP contribution in [0.5, 0.6) is 0 Å². The molecule has 1 atom stereocenters. The Hall–Kier alpha value is -2.05. The second kappa shape index (κ2) is 5.50. The summed E-state index contributed by atoms with van der Waals surface area (Å²) >= 11 is 0. The fourth-order valence-electron chi connectivity index (χ4n) is 3.76. The average Bonchev–Trinajstić information content (AvgIpc) is 2.99. The second-order valence-corrected chi connectivity index (χ2v) is 7.24. The second-order valence-electron chi connectivity index (χ2n) is 7.24. The van der Waals surface area contributed by atoms with Crippen LogP contribution >= 0.6 is 0 Å². The number of ether oxygens (including phenoxy) is 2. The van der Waals surface area contributed by atoms with Crippen molar-refractivity contribution < 1.29 is 14.3 Å². The van der Waals surface area contributed by atoms with E-state index in [0.717, 1.165) is 11.8 Å². The molecule has 4 heterocycles. The van der Waals surface area contributed by atoms with Crippen molar-refractivity contribution in [3.05, 3.63) is 36.3 Å². The Morgan fingerprint density at radius 3 is 2.88 bits per heavy atom. The molecule has 4 rings (SSSR count). The Balaban J connectivity index is 1.70. The van der Waals surface area contributed by atoms with Gasteiger partial charge in [0.25, 0.3) is 5.91 Å². The van der Waals surface area contributed by atoms with Gasteiger partial charge in [-0.1, -0.05) is 6.07 Å².